The van der Waals surface area contributed by atoms with Crippen molar-refractivity contribution in [1.82, 2.24) is 10.6 Å². The second-order valence-corrected chi connectivity index (χ2v) is 10.7. The van der Waals surface area contributed by atoms with Crippen molar-refractivity contribution in [2.75, 3.05) is 25.5 Å². The number of ether oxygens (including phenoxy) is 2. The third-order valence-electron chi connectivity index (χ3n) is 5.03. The minimum atomic E-state index is -1.54. The van der Waals surface area contributed by atoms with Gasteiger partial charge in [0, 0.05) is 24.8 Å². The van der Waals surface area contributed by atoms with Crippen LogP contribution >= 0.6 is 11.8 Å². The maximum absolute atomic E-state index is 13.2. The predicted octanol–water partition coefficient (Wildman–Crippen LogP) is 2.72. The first kappa shape index (κ1) is 31.7. The van der Waals surface area contributed by atoms with Crippen LogP contribution in [0.3, 0.4) is 0 Å². The van der Waals surface area contributed by atoms with Crippen molar-refractivity contribution >= 4 is 34.5 Å². The van der Waals surface area contributed by atoms with Gasteiger partial charge in [-0.25, -0.2) is 14.6 Å². The summed E-state index contributed by atoms with van der Waals surface area (Å²) in [6.45, 7) is 9.61. The average Bonchev–Trinajstić information content (AvgIpc) is 3.26. The number of hydrogen-bond acceptors (Lipinski definition) is 11. The van der Waals surface area contributed by atoms with Gasteiger partial charge in [0.15, 0.2) is 5.66 Å². The molecule has 1 aliphatic rings. The Hall–Kier alpha value is -3.50. The SMILES string of the molecule is C#CCOc1cc([C@@H](CCC)NC(=O)[C@]2(N)CSC(/C(C)=N/OCCCNC(=O)OC(C)(C)C)=N2)oc(=O)c1. The van der Waals surface area contributed by atoms with Gasteiger partial charge in [0.2, 0.25) is 0 Å². The monoisotopic (exact) mass is 563 g/mol. The Kier molecular flexibility index (Phi) is 11.9. The molecular weight excluding hydrogens is 526 g/mol. The number of alkyl carbamates (subject to hydrolysis) is 1. The topological polar surface area (TPSA) is 167 Å². The lowest BCUT2D eigenvalue weighted by molar-refractivity contribution is -0.126. The van der Waals surface area contributed by atoms with Crippen molar-refractivity contribution in [3.05, 3.63) is 28.3 Å². The number of oxime groups is 1. The maximum Gasteiger partial charge on any atom is 0.407 e. The van der Waals surface area contributed by atoms with Crippen LogP contribution in [0, 0.1) is 12.3 Å². The lowest BCUT2D eigenvalue weighted by atomic mass is 10.1. The van der Waals surface area contributed by atoms with Gasteiger partial charge in [0.05, 0.1) is 12.1 Å². The Labute approximate surface area is 232 Å². The first-order valence-electron chi connectivity index (χ1n) is 12.5. The number of rotatable bonds is 13. The quantitative estimate of drug-likeness (QED) is 0.141. The number of carbonyl (C=O) groups excluding carboxylic acids is 2. The molecule has 2 atom stereocenters. The number of amides is 2. The highest BCUT2D eigenvalue weighted by Gasteiger charge is 2.41. The Morgan fingerprint density at radius 1 is 1.38 bits per heavy atom. The molecule has 1 aromatic heterocycles. The molecule has 2 heterocycles. The third-order valence-corrected chi connectivity index (χ3v) is 6.27. The molecule has 0 bridgehead atoms. The minimum Gasteiger partial charge on any atom is -0.481 e. The second-order valence-electron chi connectivity index (χ2n) is 9.74. The zero-order valence-electron chi connectivity index (χ0n) is 23.0. The molecule has 4 N–H and O–H groups in total. The van der Waals surface area contributed by atoms with Crippen molar-refractivity contribution in [1.29, 1.82) is 0 Å². The molecule has 0 radical (unpaired) electrons. The summed E-state index contributed by atoms with van der Waals surface area (Å²) in [5.74, 6) is 2.48. The number of terminal acetylenes is 1. The summed E-state index contributed by atoms with van der Waals surface area (Å²) in [6, 6.07) is 2.08. The van der Waals surface area contributed by atoms with Crippen LogP contribution in [0.1, 0.15) is 65.7 Å². The van der Waals surface area contributed by atoms with E-state index in [1.807, 2.05) is 6.92 Å². The van der Waals surface area contributed by atoms with E-state index in [0.29, 0.717) is 36.6 Å². The molecule has 2 rings (SSSR count). The van der Waals surface area contributed by atoms with Crippen LogP contribution in [0.15, 0.2) is 31.5 Å². The van der Waals surface area contributed by atoms with E-state index in [1.165, 1.54) is 23.9 Å². The Bertz CT molecular complexity index is 1170. The molecule has 1 aliphatic heterocycles. The summed E-state index contributed by atoms with van der Waals surface area (Å²) in [5, 5.41) is 10.0. The first-order chi connectivity index (χ1) is 18.4. The largest absolute Gasteiger partial charge is 0.481 e. The van der Waals surface area contributed by atoms with E-state index in [9.17, 15) is 14.4 Å². The summed E-state index contributed by atoms with van der Waals surface area (Å²) < 4.78 is 15.8. The van der Waals surface area contributed by atoms with Crippen LogP contribution in [-0.2, 0) is 14.4 Å². The van der Waals surface area contributed by atoms with Gasteiger partial charge in [-0.3, -0.25) is 10.5 Å². The molecule has 1 aromatic rings. The summed E-state index contributed by atoms with van der Waals surface area (Å²) in [7, 11) is 0. The van der Waals surface area contributed by atoms with Gasteiger partial charge in [-0.2, -0.15) is 0 Å². The van der Waals surface area contributed by atoms with E-state index in [1.54, 1.807) is 27.7 Å². The van der Waals surface area contributed by atoms with Crippen LogP contribution < -0.4 is 26.7 Å². The van der Waals surface area contributed by atoms with Gasteiger partial charge in [-0.15, -0.1) is 18.2 Å². The van der Waals surface area contributed by atoms with Crippen LogP contribution in [0.2, 0.25) is 0 Å². The maximum atomic E-state index is 13.2. The molecule has 13 heteroatoms. The van der Waals surface area contributed by atoms with Crippen molar-refractivity contribution in [3.8, 4) is 18.1 Å². The van der Waals surface area contributed by atoms with E-state index in [-0.39, 0.29) is 30.5 Å². The Morgan fingerprint density at radius 3 is 2.79 bits per heavy atom. The van der Waals surface area contributed by atoms with Gasteiger partial charge < -0.3 is 29.4 Å². The number of aliphatic imine (C=N–C) groups is 1. The normalized spacial score (nSPS) is 18.0. The lowest BCUT2D eigenvalue weighted by Crippen LogP contribution is -2.54. The standard InChI is InChI=1S/C26H37N5O7S/c1-7-10-19(20-14-18(35-12-8-2)15-21(32)37-20)29-23(33)26(27)16-39-22(30-26)17(3)31-36-13-9-11-28-24(34)38-25(4,5)6/h2,14-15,19H,7,9-13,16,27H2,1,3-6H3,(H,28,34)(H,29,33)/b31-17+/t19-,26+/m1/s1. The van der Waals surface area contributed by atoms with Crippen LogP contribution in [-0.4, -0.2) is 59.5 Å². The highest BCUT2D eigenvalue weighted by molar-refractivity contribution is 8.16. The predicted molar refractivity (Wildman–Crippen MR) is 150 cm³/mol. The van der Waals surface area contributed by atoms with Gasteiger partial charge in [0.25, 0.3) is 5.91 Å². The number of hydrogen-bond donors (Lipinski definition) is 3. The molecule has 0 saturated heterocycles. The fourth-order valence-electron chi connectivity index (χ4n) is 3.26. The molecule has 0 fully saturated rings. The molecule has 0 unspecified atom stereocenters. The summed E-state index contributed by atoms with van der Waals surface area (Å²) in [5.41, 5.74) is 4.07. The third kappa shape index (κ3) is 10.6. The van der Waals surface area contributed by atoms with E-state index >= 15 is 0 Å². The average molecular weight is 564 g/mol. The summed E-state index contributed by atoms with van der Waals surface area (Å²) >= 11 is 1.28. The zero-order chi connectivity index (χ0) is 29.1. The van der Waals surface area contributed by atoms with Crippen LogP contribution in [0.5, 0.6) is 5.75 Å². The Balaban J connectivity index is 1.96. The van der Waals surface area contributed by atoms with Gasteiger partial charge >= 0.3 is 11.7 Å². The van der Waals surface area contributed by atoms with Crippen molar-refractivity contribution in [3.63, 3.8) is 0 Å². The molecule has 0 saturated carbocycles. The summed E-state index contributed by atoms with van der Waals surface area (Å²) in [6.07, 6.45) is 6.43. The van der Waals surface area contributed by atoms with Gasteiger partial charge in [-0.05, 0) is 34.1 Å². The first-order valence-corrected chi connectivity index (χ1v) is 13.5. The van der Waals surface area contributed by atoms with Crippen molar-refractivity contribution < 1.29 is 28.3 Å². The molecule has 39 heavy (non-hydrogen) atoms. The van der Waals surface area contributed by atoms with Crippen LogP contribution in [0.25, 0.3) is 0 Å². The molecule has 0 aliphatic carbocycles. The van der Waals surface area contributed by atoms with Crippen LogP contribution in [0.4, 0.5) is 4.79 Å². The number of nitrogens with zero attached hydrogens (tertiary/aromatic N) is 2. The molecule has 0 aromatic carbocycles. The summed E-state index contributed by atoms with van der Waals surface area (Å²) in [4.78, 5) is 46.5. The number of nitrogens with one attached hydrogen (secondary N) is 2. The highest BCUT2D eigenvalue weighted by Crippen LogP contribution is 2.27. The fraction of sp³-hybridized carbons (Fsp3) is 0.577. The smallest absolute Gasteiger partial charge is 0.407 e. The zero-order valence-corrected chi connectivity index (χ0v) is 23.8. The van der Waals surface area contributed by atoms with Crippen molar-refractivity contribution in [2.24, 2.45) is 15.9 Å². The van der Waals surface area contributed by atoms with E-state index in [2.05, 4.69) is 26.7 Å². The van der Waals surface area contributed by atoms with E-state index in [4.69, 9.17) is 30.9 Å². The molecule has 2 amide bonds. The molecular formula is C26H37N5O7S. The lowest BCUT2D eigenvalue weighted by Gasteiger charge is -2.24. The number of carbonyl (C=O) groups is 2. The molecule has 12 nitrogen and oxygen atoms in total. The number of thioether (sulfide) groups is 1. The number of nitrogens with two attached hydrogens (primary N) is 1. The molecule has 214 valence electrons. The highest BCUT2D eigenvalue weighted by atomic mass is 32.2. The second kappa shape index (κ2) is 14.6. The van der Waals surface area contributed by atoms with E-state index in [0.717, 1.165) is 0 Å². The van der Waals surface area contributed by atoms with Gasteiger partial charge in [0.1, 0.15) is 41.1 Å². The van der Waals surface area contributed by atoms with Crippen molar-refractivity contribution in [2.45, 2.75) is 71.2 Å². The minimum absolute atomic E-state index is 0.0120. The molecule has 0 spiro atoms. The van der Waals surface area contributed by atoms with Gasteiger partial charge in [-0.1, -0.05) is 24.4 Å². The fourth-order valence-corrected chi connectivity index (χ4v) is 4.29. The Morgan fingerprint density at radius 2 is 2.13 bits per heavy atom. The van der Waals surface area contributed by atoms with E-state index < -0.39 is 34.9 Å².